The maximum absolute atomic E-state index is 12.1. The molecule has 0 aliphatic heterocycles. The predicted molar refractivity (Wildman–Crippen MR) is 79.4 cm³/mol. The van der Waals surface area contributed by atoms with Gasteiger partial charge < -0.3 is 10.4 Å². The van der Waals surface area contributed by atoms with Gasteiger partial charge in [0.15, 0.2) is 0 Å². The van der Waals surface area contributed by atoms with Crippen LogP contribution in [0.2, 0.25) is 0 Å². The van der Waals surface area contributed by atoms with E-state index in [1.165, 1.54) is 6.42 Å². The van der Waals surface area contributed by atoms with E-state index in [4.69, 9.17) is 5.11 Å². The number of rotatable bonds is 4. The average molecular weight is 271 g/mol. The summed E-state index contributed by atoms with van der Waals surface area (Å²) in [6.07, 6.45) is 1.67. The molecule has 1 aromatic carbocycles. The average Bonchev–Trinajstić information content (AvgIpc) is 3.14. The summed E-state index contributed by atoms with van der Waals surface area (Å²) in [7, 11) is 0. The lowest BCUT2D eigenvalue weighted by Crippen LogP contribution is -2.26. The van der Waals surface area contributed by atoms with Crippen LogP contribution in [0, 0.1) is 30.6 Å². The van der Waals surface area contributed by atoms with Crippen LogP contribution < -0.4 is 5.32 Å². The van der Waals surface area contributed by atoms with E-state index in [9.17, 15) is 4.79 Å². The van der Waals surface area contributed by atoms with Crippen molar-refractivity contribution in [2.75, 3.05) is 13.2 Å². The van der Waals surface area contributed by atoms with Crippen LogP contribution in [-0.2, 0) is 0 Å². The molecule has 1 aliphatic rings. The lowest BCUT2D eigenvalue weighted by molar-refractivity contribution is 0.0951. The van der Waals surface area contributed by atoms with Crippen molar-refractivity contribution in [3.63, 3.8) is 0 Å². The van der Waals surface area contributed by atoms with Crippen LogP contribution in [0.5, 0.6) is 0 Å². The molecule has 1 saturated carbocycles. The van der Waals surface area contributed by atoms with Crippen LogP contribution >= 0.6 is 0 Å². The van der Waals surface area contributed by atoms with E-state index in [2.05, 4.69) is 24.1 Å². The van der Waals surface area contributed by atoms with Gasteiger partial charge in [0.1, 0.15) is 0 Å². The van der Waals surface area contributed by atoms with E-state index >= 15 is 0 Å². The number of carbonyl (C=O) groups excluding carboxylic acids is 1. The summed E-state index contributed by atoms with van der Waals surface area (Å²) in [6.45, 7) is 5.00. The summed E-state index contributed by atoms with van der Waals surface area (Å²) in [5, 5.41) is 11.7. The zero-order valence-corrected chi connectivity index (χ0v) is 12.1. The molecule has 0 spiro atoms. The normalized spacial score (nSPS) is 19.9. The van der Waals surface area contributed by atoms with Gasteiger partial charge in [0.05, 0.1) is 6.61 Å². The van der Waals surface area contributed by atoms with Gasteiger partial charge in [-0.05, 0) is 42.9 Å². The Morgan fingerprint density at radius 2 is 2.25 bits per heavy atom. The maximum Gasteiger partial charge on any atom is 0.251 e. The van der Waals surface area contributed by atoms with Crippen LogP contribution in [0.1, 0.15) is 41.3 Å². The Hall–Kier alpha value is -1.79. The predicted octanol–water partition coefficient (Wildman–Crippen LogP) is 2.11. The SMILES string of the molecule is Cc1ccc(C(=O)NCC2CC2C)cc1C#CCCO. The Bertz CT molecular complexity index is 554. The van der Waals surface area contributed by atoms with Gasteiger partial charge >= 0.3 is 0 Å². The van der Waals surface area contributed by atoms with E-state index < -0.39 is 0 Å². The quantitative estimate of drug-likeness (QED) is 0.824. The number of amides is 1. The first kappa shape index (κ1) is 14.6. The largest absolute Gasteiger partial charge is 0.395 e. The number of aliphatic hydroxyl groups excluding tert-OH is 1. The minimum atomic E-state index is -0.0330. The standard InChI is InChI=1S/C17H21NO2/c1-12-6-7-15(10-14(12)5-3-4-8-19)17(20)18-11-16-9-13(16)2/h6-7,10,13,16,19H,4,8-9,11H2,1-2H3,(H,18,20). The molecule has 0 bridgehead atoms. The van der Waals surface area contributed by atoms with Gasteiger partial charge in [-0.25, -0.2) is 0 Å². The Kier molecular flexibility index (Phi) is 4.81. The number of hydrogen-bond donors (Lipinski definition) is 2. The first-order chi connectivity index (χ1) is 9.61. The molecule has 3 nitrogen and oxygen atoms in total. The third-order valence-corrected chi connectivity index (χ3v) is 3.76. The third kappa shape index (κ3) is 3.85. The van der Waals surface area contributed by atoms with E-state index in [1.807, 2.05) is 25.1 Å². The van der Waals surface area contributed by atoms with Crippen molar-refractivity contribution in [3.8, 4) is 11.8 Å². The zero-order valence-electron chi connectivity index (χ0n) is 12.1. The molecule has 106 valence electrons. The monoisotopic (exact) mass is 271 g/mol. The van der Waals surface area contributed by atoms with Crippen LogP contribution in [0.25, 0.3) is 0 Å². The van der Waals surface area contributed by atoms with Gasteiger partial charge in [0, 0.05) is 24.1 Å². The Morgan fingerprint density at radius 1 is 1.50 bits per heavy atom. The van der Waals surface area contributed by atoms with Crippen LogP contribution in [0.4, 0.5) is 0 Å². The van der Waals surface area contributed by atoms with Crippen LogP contribution in [0.3, 0.4) is 0 Å². The highest BCUT2D eigenvalue weighted by Gasteiger charge is 2.32. The Morgan fingerprint density at radius 3 is 2.90 bits per heavy atom. The van der Waals surface area contributed by atoms with Crippen molar-refractivity contribution >= 4 is 5.91 Å². The summed E-state index contributed by atoms with van der Waals surface area (Å²) >= 11 is 0. The minimum Gasteiger partial charge on any atom is -0.395 e. The molecule has 3 heteroatoms. The number of hydrogen-bond acceptors (Lipinski definition) is 2. The Balaban J connectivity index is 2.02. The van der Waals surface area contributed by atoms with Gasteiger partial charge in [0.25, 0.3) is 5.91 Å². The first-order valence-corrected chi connectivity index (χ1v) is 7.10. The highest BCUT2D eigenvalue weighted by molar-refractivity contribution is 5.94. The fourth-order valence-electron chi connectivity index (χ4n) is 2.12. The summed E-state index contributed by atoms with van der Waals surface area (Å²) in [5.74, 6) is 7.25. The summed E-state index contributed by atoms with van der Waals surface area (Å²) in [6, 6.07) is 5.57. The molecule has 2 rings (SSSR count). The summed E-state index contributed by atoms with van der Waals surface area (Å²) in [4.78, 5) is 12.1. The van der Waals surface area contributed by atoms with E-state index in [0.29, 0.717) is 17.9 Å². The highest BCUT2D eigenvalue weighted by Crippen LogP contribution is 2.36. The molecule has 20 heavy (non-hydrogen) atoms. The molecule has 2 N–H and O–H groups in total. The molecule has 2 unspecified atom stereocenters. The summed E-state index contributed by atoms with van der Waals surface area (Å²) < 4.78 is 0. The van der Waals surface area contributed by atoms with Gasteiger partial charge in [-0.15, -0.1) is 0 Å². The number of benzene rings is 1. The van der Waals surface area contributed by atoms with E-state index in [0.717, 1.165) is 23.6 Å². The minimum absolute atomic E-state index is 0.0330. The number of carbonyl (C=O) groups is 1. The fourth-order valence-corrected chi connectivity index (χ4v) is 2.12. The second kappa shape index (κ2) is 6.58. The third-order valence-electron chi connectivity index (χ3n) is 3.76. The van der Waals surface area contributed by atoms with Gasteiger partial charge in [0.2, 0.25) is 0 Å². The lowest BCUT2D eigenvalue weighted by atomic mass is 10.0. The summed E-state index contributed by atoms with van der Waals surface area (Å²) in [5.41, 5.74) is 2.55. The van der Waals surface area contributed by atoms with E-state index in [-0.39, 0.29) is 12.5 Å². The van der Waals surface area contributed by atoms with Crippen LogP contribution in [-0.4, -0.2) is 24.2 Å². The maximum atomic E-state index is 12.1. The van der Waals surface area contributed by atoms with Crippen molar-refractivity contribution in [2.45, 2.75) is 26.7 Å². The second-order valence-corrected chi connectivity index (χ2v) is 5.49. The topological polar surface area (TPSA) is 49.3 Å². The highest BCUT2D eigenvalue weighted by atomic mass is 16.2. The van der Waals surface area contributed by atoms with Crippen molar-refractivity contribution in [3.05, 3.63) is 34.9 Å². The molecule has 0 radical (unpaired) electrons. The number of aryl methyl sites for hydroxylation is 1. The zero-order chi connectivity index (χ0) is 14.5. The number of nitrogens with one attached hydrogen (secondary N) is 1. The van der Waals surface area contributed by atoms with Crippen molar-refractivity contribution in [1.29, 1.82) is 0 Å². The lowest BCUT2D eigenvalue weighted by Gasteiger charge is -2.06. The molecule has 2 atom stereocenters. The number of aliphatic hydroxyl groups is 1. The molecule has 0 aromatic heterocycles. The van der Waals surface area contributed by atoms with Crippen molar-refractivity contribution in [2.24, 2.45) is 11.8 Å². The molecular weight excluding hydrogens is 250 g/mol. The van der Waals surface area contributed by atoms with Crippen molar-refractivity contribution < 1.29 is 9.90 Å². The van der Waals surface area contributed by atoms with E-state index in [1.54, 1.807) is 0 Å². The molecule has 1 aliphatic carbocycles. The first-order valence-electron chi connectivity index (χ1n) is 7.10. The molecule has 1 amide bonds. The molecule has 0 saturated heterocycles. The molecule has 1 aromatic rings. The van der Waals surface area contributed by atoms with Gasteiger partial charge in [-0.3, -0.25) is 4.79 Å². The van der Waals surface area contributed by atoms with Gasteiger partial charge in [-0.2, -0.15) is 0 Å². The molecule has 1 fully saturated rings. The Labute approximate surface area is 120 Å². The van der Waals surface area contributed by atoms with Gasteiger partial charge in [-0.1, -0.05) is 24.8 Å². The van der Waals surface area contributed by atoms with Crippen LogP contribution in [0.15, 0.2) is 18.2 Å². The fraction of sp³-hybridized carbons (Fsp3) is 0.471. The second-order valence-electron chi connectivity index (χ2n) is 5.49. The van der Waals surface area contributed by atoms with Crippen molar-refractivity contribution in [1.82, 2.24) is 5.32 Å². The molecule has 0 heterocycles. The smallest absolute Gasteiger partial charge is 0.251 e. The molecular formula is C17H21NO2.